The molecule has 0 aromatic carbocycles. The van der Waals surface area contributed by atoms with Crippen LogP contribution in [0.1, 0.15) is 296 Å². The highest BCUT2D eigenvalue weighted by Crippen LogP contribution is 2.38. The zero-order valence-corrected chi connectivity index (χ0v) is 55.1. The number of phosphoric acid groups is 1. The number of allylic oxidation sites excluding steroid dienone is 18. The average molecular weight is 1160 g/mol. The fraction of sp³-hybridized carbons (Fsp3) is 0.740. The van der Waals surface area contributed by atoms with Gasteiger partial charge in [0, 0.05) is 6.42 Å². The summed E-state index contributed by atoms with van der Waals surface area (Å²) in [5, 5.41) is 14.1. The molecule has 0 aliphatic rings. The number of hydrogen-bond acceptors (Lipinski definition) is 6. The van der Waals surface area contributed by atoms with Gasteiger partial charge in [0.25, 0.3) is 7.82 Å². The first-order chi connectivity index (χ1) is 40.0. The molecule has 0 radical (unpaired) electrons. The molecule has 1 amide bonds. The summed E-state index contributed by atoms with van der Waals surface area (Å²) in [6, 6.07) is -0.829. The van der Waals surface area contributed by atoms with Crippen LogP contribution in [0.25, 0.3) is 0 Å². The minimum atomic E-state index is -4.60. The largest absolute Gasteiger partial charge is 0.756 e. The van der Waals surface area contributed by atoms with Crippen molar-refractivity contribution in [1.82, 2.24) is 5.32 Å². The maximum absolute atomic E-state index is 13.0. The summed E-state index contributed by atoms with van der Waals surface area (Å²) in [4.78, 5) is 25.6. The molecular weight excluding hydrogens is 1030 g/mol. The van der Waals surface area contributed by atoms with Gasteiger partial charge in [-0.3, -0.25) is 9.36 Å². The van der Waals surface area contributed by atoms with Crippen molar-refractivity contribution in [2.45, 2.75) is 309 Å². The van der Waals surface area contributed by atoms with Crippen molar-refractivity contribution in [3.05, 3.63) is 109 Å². The van der Waals surface area contributed by atoms with Crippen molar-refractivity contribution in [3.8, 4) is 0 Å². The second kappa shape index (κ2) is 62.7. The fourth-order valence-electron chi connectivity index (χ4n) is 9.74. The second-order valence-corrected chi connectivity index (χ2v) is 25.6. The molecule has 0 fully saturated rings. The smallest absolute Gasteiger partial charge is 0.268 e. The van der Waals surface area contributed by atoms with E-state index in [0.717, 1.165) is 103 Å². The van der Waals surface area contributed by atoms with Gasteiger partial charge in [0.1, 0.15) is 13.2 Å². The van der Waals surface area contributed by atoms with Gasteiger partial charge in [0.15, 0.2) is 0 Å². The number of quaternary nitrogens is 1. The molecule has 474 valence electrons. The van der Waals surface area contributed by atoms with E-state index in [2.05, 4.69) is 129 Å². The SMILES string of the molecule is CC/C=C\C/C=C\C/C=C\C/C=C\C/C=C\C/C=C\C/C=C\C/C=C\C/C=C\CCCCCC(=O)NC(COP(=O)([O-])OCC[N+](C)(C)C)C(O)CCCCCCCCCCCCCCCCCCCCCCCCCCCCCCC. The zero-order chi connectivity index (χ0) is 59.8. The van der Waals surface area contributed by atoms with E-state index < -0.39 is 20.0 Å². The van der Waals surface area contributed by atoms with E-state index >= 15 is 0 Å². The third kappa shape index (κ3) is 64.7. The molecule has 0 spiro atoms. The van der Waals surface area contributed by atoms with Crippen molar-refractivity contribution in [3.63, 3.8) is 0 Å². The lowest BCUT2D eigenvalue weighted by atomic mass is 10.0. The predicted octanol–water partition coefficient (Wildman–Crippen LogP) is 21.2. The van der Waals surface area contributed by atoms with Crippen LogP contribution < -0.4 is 10.2 Å². The summed E-state index contributed by atoms with van der Waals surface area (Å²) in [5.41, 5.74) is 0. The first-order valence-electron chi connectivity index (χ1n) is 34.2. The molecule has 2 N–H and O–H groups in total. The summed E-state index contributed by atoms with van der Waals surface area (Å²) < 4.78 is 23.5. The monoisotopic (exact) mass is 1160 g/mol. The van der Waals surface area contributed by atoms with E-state index in [0.29, 0.717) is 23.9 Å². The molecule has 0 saturated heterocycles. The van der Waals surface area contributed by atoms with E-state index in [9.17, 15) is 19.4 Å². The van der Waals surface area contributed by atoms with Crippen LogP contribution in [0.5, 0.6) is 0 Å². The molecule has 9 heteroatoms. The van der Waals surface area contributed by atoms with Crippen LogP contribution in [-0.4, -0.2) is 68.5 Å². The maximum atomic E-state index is 13.0. The Morgan fingerprint density at radius 1 is 0.439 bits per heavy atom. The van der Waals surface area contributed by atoms with E-state index in [1.54, 1.807) is 0 Å². The molecule has 3 atom stereocenters. The number of phosphoric ester groups is 1. The number of amides is 1. The van der Waals surface area contributed by atoms with Crippen LogP contribution in [0.3, 0.4) is 0 Å². The van der Waals surface area contributed by atoms with Gasteiger partial charge in [0.05, 0.1) is 39.9 Å². The van der Waals surface area contributed by atoms with E-state index in [1.165, 1.54) is 167 Å². The number of aliphatic hydroxyl groups excluding tert-OH is 1. The molecule has 82 heavy (non-hydrogen) atoms. The number of carbonyl (C=O) groups is 1. The third-order valence-electron chi connectivity index (χ3n) is 15.0. The predicted molar refractivity (Wildman–Crippen MR) is 357 cm³/mol. The highest BCUT2D eigenvalue weighted by molar-refractivity contribution is 7.45. The van der Waals surface area contributed by atoms with Crippen molar-refractivity contribution >= 4 is 13.7 Å². The molecule has 0 aliphatic heterocycles. The summed E-state index contributed by atoms with van der Waals surface area (Å²) in [7, 11) is 1.27. The molecular formula is C73H131N2O6P. The molecule has 0 rings (SSSR count). The van der Waals surface area contributed by atoms with Crippen molar-refractivity contribution < 1.29 is 32.9 Å². The standard InChI is InChI=1S/C73H131N2O6P/c1-6-8-10-12-14-16-18-20-22-24-26-28-30-32-34-36-37-39-41-43-45-47-49-51-53-55-57-59-61-63-65-67-73(77)74-71(70-81-82(78,79)80-69-68-75(3,4)5)72(76)66-64-62-60-58-56-54-52-50-48-46-44-42-40-38-35-33-31-29-27-25-23-21-19-17-15-13-11-9-7-2/h8,10,14,16,20,22,26,28,32,34,37,39,43,45,49,51,55,57,71-72,76H,6-7,9,11-13,15,17-19,21,23-25,27,29-31,33,35-36,38,40-42,44,46-48,50,52-54,56,58-70H2,1-5H3,(H-,74,77,78,79)/b10-8-,16-14-,22-20-,28-26-,34-32-,39-37-,45-43-,51-49-,57-55-. The maximum Gasteiger partial charge on any atom is 0.268 e. The first-order valence-corrected chi connectivity index (χ1v) is 35.7. The highest BCUT2D eigenvalue weighted by Gasteiger charge is 2.24. The Kier molecular flexibility index (Phi) is 60.5. The topological polar surface area (TPSA) is 108 Å². The lowest BCUT2D eigenvalue weighted by molar-refractivity contribution is -0.870. The number of hydrogen-bond donors (Lipinski definition) is 2. The van der Waals surface area contributed by atoms with Gasteiger partial charge in [-0.2, -0.15) is 0 Å². The minimum Gasteiger partial charge on any atom is -0.756 e. The van der Waals surface area contributed by atoms with Crippen LogP contribution in [0.2, 0.25) is 0 Å². The lowest BCUT2D eigenvalue weighted by Gasteiger charge is -2.30. The molecule has 0 saturated carbocycles. The van der Waals surface area contributed by atoms with Crippen molar-refractivity contribution in [1.29, 1.82) is 0 Å². The number of likely N-dealkylation sites (N-methyl/N-ethyl adjacent to an activating group) is 1. The zero-order valence-electron chi connectivity index (χ0n) is 54.2. The Labute approximate surface area is 508 Å². The van der Waals surface area contributed by atoms with E-state index in [4.69, 9.17) is 9.05 Å². The summed E-state index contributed by atoms with van der Waals surface area (Å²) >= 11 is 0. The summed E-state index contributed by atoms with van der Waals surface area (Å²) in [5.74, 6) is -0.197. The number of carbonyl (C=O) groups excluding carboxylic acids is 1. The highest BCUT2D eigenvalue weighted by atomic mass is 31.2. The normalized spacial score (nSPS) is 14.4. The van der Waals surface area contributed by atoms with E-state index in [1.807, 2.05) is 21.1 Å². The average Bonchev–Trinajstić information content (AvgIpc) is 3.47. The van der Waals surface area contributed by atoms with Crippen LogP contribution in [0.4, 0.5) is 0 Å². The molecule has 3 unspecified atom stereocenters. The molecule has 0 bridgehead atoms. The van der Waals surface area contributed by atoms with Gasteiger partial charge in [-0.1, -0.05) is 316 Å². The van der Waals surface area contributed by atoms with Crippen molar-refractivity contribution in [2.24, 2.45) is 0 Å². The van der Waals surface area contributed by atoms with Crippen LogP contribution in [0.15, 0.2) is 109 Å². The minimum absolute atomic E-state index is 0.000164. The molecule has 0 heterocycles. The van der Waals surface area contributed by atoms with Gasteiger partial charge < -0.3 is 28.8 Å². The van der Waals surface area contributed by atoms with Gasteiger partial charge in [-0.25, -0.2) is 0 Å². The van der Waals surface area contributed by atoms with Crippen LogP contribution >= 0.6 is 7.82 Å². The Balaban J connectivity index is 4.18. The van der Waals surface area contributed by atoms with Crippen LogP contribution in [0, 0.1) is 0 Å². The summed E-state index contributed by atoms with van der Waals surface area (Å²) in [6.45, 7) is 4.60. The Hall–Kier alpha value is -2.84. The molecule has 8 nitrogen and oxygen atoms in total. The van der Waals surface area contributed by atoms with Gasteiger partial charge in [-0.15, -0.1) is 0 Å². The lowest BCUT2D eigenvalue weighted by Crippen LogP contribution is -2.46. The Morgan fingerprint density at radius 2 is 0.744 bits per heavy atom. The van der Waals surface area contributed by atoms with Gasteiger partial charge in [-0.05, 0) is 83.5 Å². The molecule has 0 aliphatic carbocycles. The second-order valence-electron chi connectivity index (χ2n) is 24.2. The number of rotatable bonds is 62. The quantitative estimate of drug-likeness (QED) is 0.0272. The number of aliphatic hydroxyl groups is 1. The molecule has 0 aromatic heterocycles. The molecule has 0 aromatic rings. The van der Waals surface area contributed by atoms with Crippen molar-refractivity contribution in [2.75, 3.05) is 40.9 Å². The number of nitrogens with one attached hydrogen (secondary N) is 1. The number of nitrogens with zero attached hydrogens (tertiary/aromatic N) is 1. The fourth-order valence-corrected chi connectivity index (χ4v) is 10.5. The van der Waals surface area contributed by atoms with Gasteiger partial charge in [0.2, 0.25) is 5.91 Å². The van der Waals surface area contributed by atoms with Crippen LogP contribution in [-0.2, 0) is 18.4 Å². The Morgan fingerprint density at radius 3 is 1.07 bits per heavy atom. The third-order valence-corrected chi connectivity index (χ3v) is 16.0. The van der Waals surface area contributed by atoms with E-state index in [-0.39, 0.29) is 19.1 Å². The van der Waals surface area contributed by atoms with Gasteiger partial charge >= 0.3 is 0 Å². The summed E-state index contributed by atoms with van der Waals surface area (Å²) in [6.07, 6.45) is 91.6. The first kappa shape index (κ1) is 79.2. The Bertz CT molecular complexity index is 1700. The number of unbranched alkanes of at least 4 members (excludes halogenated alkanes) is 31.